The summed E-state index contributed by atoms with van der Waals surface area (Å²) in [7, 11) is 3.05. The van der Waals surface area contributed by atoms with Gasteiger partial charge in [-0.1, -0.05) is 12.1 Å². The molecule has 0 saturated carbocycles. The van der Waals surface area contributed by atoms with E-state index in [0.29, 0.717) is 23.7 Å². The number of rotatable bonds is 6. The van der Waals surface area contributed by atoms with Crippen molar-refractivity contribution >= 4 is 0 Å². The predicted molar refractivity (Wildman–Crippen MR) is 89.4 cm³/mol. The third kappa shape index (κ3) is 3.31. The Balaban J connectivity index is 2.56. The summed E-state index contributed by atoms with van der Waals surface area (Å²) in [5.41, 5.74) is 1.37. The average Bonchev–Trinajstić information content (AvgIpc) is 2.62. The number of ether oxygens (including phenoxy) is 3. The second-order valence-corrected chi connectivity index (χ2v) is 4.83. The highest BCUT2D eigenvalue weighted by molar-refractivity contribution is 5.59. The molecule has 0 aromatic heterocycles. The summed E-state index contributed by atoms with van der Waals surface area (Å²) in [4.78, 5) is 0. The summed E-state index contributed by atoms with van der Waals surface area (Å²) in [6, 6.07) is 12.5. The molecule has 5 heteroatoms. The molecule has 0 spiro atoms. The fourth-order valence-corrected chi connectivity index (χ4v) is 2.25. The van der Waals surface area contributed by atoms with Crippen molar-refractivity contribution < 1.29 is 14.2 Å². The van der Waals surface area contributed by atoms with Crippen LogP contribution in [0.4, 0.5) is 0 Å². The van der Waals surface area contributed by atoms with Crippen molar-refractivity contribution in [2.45, 2.75) is 6.42 Å². The lowest BCUT2D eigenvalue weighted by Gasteiger charge is -2.16. The average molecular weight is 320 g/mol. The van der Waals surface area contributed by atoms with Crippen LogP contribution in [0.5, 0.6) is 23.0 Å². The molecule has 0 saturated heterocycles. The molecule has 2 aromatic rings. The molecule has 0 atom stereocenters. The SMILES string of the molecule is C=CCc1cc(OC)c(Oc2cccc(C#N)c2C#N)c(OC)c1. The highest BCUT2D eigenvalue weighted by Crippen LogP contribution is 2.42. The monoisotopic (exact) mass is 320 g/mol. The van der Waals surface area contributed by atoms with Crippen molar-refractivity contribution in [3.8, 4) is 35.1 Å². The molecule has 0 fully saturated rings. The Morgan fingerprint density at radius 3 is 2.21 bits per heavy atom. The number of nitrogens with zero attached hydrogens (tertiary/aromatic N) is 2. The predicted octanol–water partition coefficient (Wildman–Crippen LogP) is 3.97. The van der Waals surface area contributed by atoms with Gasteiger partial charge in [0.1, 0.15) is 23.5 Å². The molecule has 5 nitrogen and oxygen atoms in total. The summed E-state index contributed by atoms with van der Waals surface area (Å²) >= 11 is 0. The number of allylic oxidation sites excluding steroid dienone is 1. The van der Waals surface area contributed by atoms with Gasteiger partial charge in [0, 0.05) is 0 Å². The van der Waals surface area contributed by atoms with E-state index in [1.807, 2.05) is 24.3 Å². The molecule has 0 heterocycles. The van der Waals surface area contributed by atoms with E-state index in [2.05, 4.69) is 6.58 Å². The van der Waals surface area contributed by atoms with E-state index in [1.165, 1.54) is 14.2 Å². The second kappa shape index (κ2) is 7.71. The zero-order chi connectivity index (χ0) is 17.5. The van der Waals surface area contributed by atoms with E-state index < -0.39 is 0 Å². The first-order chi connectivity index (χ1) is 11.7. The van der Waals surface area contributed by atoms with Crippen LogP contribution < -0.4 is 14.2 Å². The van der Waals surface area contributed by atoms with Gasteiger partial charge < -0.3 is 14.2 Å². The zero-order valence-electron chi connectivity index (χ0n) is 13.5. The first-order valence-electron chi connectivity index (χ1n) is 7.15. The maximum absolute atomic E-state index is 9.32. The minimum absolute atomic E-state index is 0.166. The zero-order valence-corrected chi connectivity index (χ0v) is 13.5. The van der Waals surface area contributed by atoms with Crippen LogP contribution in [0.1, 0.15) is 16.7 Å². The van der Waals surface area contributed by atoms with Crippen LogP contribution in [-0.4, -0.2) is 14.2 Å². The molecule has 0 aliphatic heterocycles. The molecule has 24 heavy (non-hydrogen) atoms. The topological polar surface area (TPSA) is 75.3 Å². The summed E-state index contributed by atoms with van der Waals surface area (Å²) in [5.74, 6) is 1.55. The molecule has 0 amide bonds. The first-order valence-corrected chi connectivity index (χ1v) is 7.15. The first kappa shape index (κ1) is 16.9. The Bertz CT molecular complexity index is 820. The second-order valence-electron chi connectivity index (χ2n) is 4.83. The Hall–Kier alpha value is -3.44. The van der Waals surface area contributed by atoms with E-state index in [0.717, 1.165) is 5.56 Å². The molecule has 0 N–H and O–H groups in total. The molecule has 0 unspecified atom stereocenters. The van der Waals surface area contributed by atoms with Crippen LogP contribution in [0.25, 0.3) is 0 Å². The molecule has 0 aliphatic carbocycles. The molecule has 2 rings (SSSR count). The van der Waals surface area contributed by atoms with E-state index in [1.54, 1.807) is 24.3 Å². The van der Waals surface area contributed by atoms with Crippen molar-refractivity contribution in [3.05, 3.63) is 59.7 Å². The number of nitriles is 2. The minimum Gasteiger partial charge on any atom is -0.493 e. The van der Waals surface area contributed by atoms with Gasteiger partial charge in [-0.3, -0.25) is 0 Å². The maximum Gasteiger partial charge on any atom is 0.211 e. The van der Waals surface area contributed by atoms with Crippen LogP contribution in [0, 0.1) is 22.7 Å². The minimum atomic E-state index is 0.166. The Kier molecular flexibility index (Phi) is 5.44. The van der Waals surface area contributed by atoms with Gasteiger partial charge in [-0.15, -0.1) is 6.58 Å². The quantitative estimate of drug-likeness (QED) is 0.753. The summed E-state index contributed by atoms with van der Waals surface area (Å²) in [6.07, 6.45) is 2.43. The van der Waals surface area contributed by atoms with Gasteiger partial charge in [0.05, 0.1) is 19.8 Å². The van der Waals surface area contributed by atoms with Crippen LogP contribution in [-0.2, 0) is 6.42 Å². The van der Waals surface area contributed by atoms with Gasteiger partial charge >= 0.3 is 0 Å². The third-order valence-electron chi connectivity index (χ3n) is 3.37. The Morgan fingerprint density at radius 1 is 1.04 bits per heavy atom. The number of methoxy groups -OCH3 is 2. The lowest BCUT2D eigenvalue weighted by molar-refractivity contribution is 0.345. The lowest BCUT2D eigenvalue weighted by Crippen LogP contribution is -1.98. The van der Waals surface area contributed by atoms with Crippen LogP contribution in [0.3, 0.4) is 0 Å². The third-order valence-corrected chi connectivity index (χ3v) is 3.37. The van der Waals surface area contributed by atoms with Gasteiger partial charge in [-0.25, -0.2) is 0 Å². The van der Waals surface area contributed by atoms with E-state index in [9.17, 15) is 5.26 Å². The standard InChI is InChI=1S/C19H16N2O3/c1-4-6-13-9-17(22-2)19(18(10-13)23-3)24-16-8-5-7-14(11-20)15(16)12-21/h4-5,7-10H,1,6H2,2-3H3. The van der Waals surface area contributed by atoms with E-state index >= 15 is 0 Å². The molecule has 0 aliphatic rings. The van der Waals surface area contributed by atoms with Gasteiger partial charge in [0.25, 0.3) is 0 Å². The Morgan fingerprint density at radius 2 is 1.71 bits per heavy atom. The lowest BCUT2D eigenvalue weighted by atomic mass is 10.1. The van der Waals surface area contributed by atoms with Crippen molar-refractivity contribution in [1.29, 1.82) is 10.5 Å². The van der Waals surface area contributed by atoms with Gasteiger partial charge in [-0.05, 0) is 36.2 Å². The smallest absolute Gasteiger partial charge is 0.211 e. The largest absolute Gasteiger partial charge is 0.493 e. The highest BCUT2D eigenvalue weighted by Gasteiger charge is 2.18. The maximum atomic E-state index is 9.32. The highest BCUT2D eigenvalue weighted by atomic mass is 16.5. The fraction of sp³-hybridized carbons (Fsp3) is 0.158. The fourth-order valence-electron chi connectivity index (χ4n) is 2.25. The summed E-state index contributed by atoms with van der Waals surface area (Å²) in [5, 5.41) is 18.4. The van der Waals surface area contributed by atoms with Crippen molar-refractivity contribution in [1.82, 2.24) is 0 Å². The van der Waals surface area contributed by atoms with E-state index in [-0.39, 0.29) is 16.9 Å². The Labute approximate surface area is 140 Å². The number of hydrogen-bond acceptors (Lipinski definition) is 5. The van der Waals surface area contributed by atoms with Crippen LogP contribution in [0.15, 0.2) is 43.0 Å². The molecule has 120 valence electrons. The van der Waals surface area contributed by atoms with Crippen molar-refractivity contribution in [2.75, 3.05) is 14.2 Å². The number of benzene rings is 2. The van der Waals surface area contributed by atoms with Crippen molar-refractivity contribution in [3.63, 3.8) is 0 Å². The molecule has 0 bridgehead atoms. The van der Waals surface area contributed by atoms with Gasteiger partial charge in [0.15, 0.2) is 11.5 Å². The van der Waals surface area contributed by atoms with Crippen LogP contribution in [0.2, 0.25) is 0 Å². The number of hydrogen-bond donors (Lipinski definition) is 0. The van der Waals surface area contributed by atoms with Gasteiger partial charge in [0.2, 0.25) is 5.75 Å². The normalized spacial score (nSPS) is 9.50. The summed E-state index contributed by atoms with van der Waals surface area (Å²) in [6.45, 7) is 3.72. The molecular formula is C19H16N2O3. The van der Waals surface area contributed by atoms with Crippen LogP contribution >= 0.6 is 0 Å². The van der Waals surface area contributed by atoms with Gasteiger partial charge in [-0.2, -0.15) is 10.5 Å². The van der Waals surface area contributed by atoms with E-state index in [4.69, 9.17) is 19.5 Å². The van der Waals surface area contributed by atoms with Crippen molar-refractivity contribution in [2.24, 2.45) is 0 Å². The molecule has 2 aromatic carbocycles. The summed E-state index contributed by atoms with van der Waals surface area (Å²) < 4.78 is 16.7. The molecule has 0 radical (unpaired) electrons. The molecular weight excluding hydrogens is 304 g/mol.